The van der Waals surface area contributed by atoms with Gasteiger partial charge >= 0.3 is 51.4 Å². The van der Waals surface area contributed by atoms with Gasteiger partial charge in [-0.25, -0.2) is 0 Å². The average Bonchev–Trinajstić information content (AvgIpc) is 2.77. The number of nitrogens with zero attached hydrogens (tertiary/aromatic N) is 4. The van der Waals surface area contributed by atoms with Crippen molar-refractivity contribution in [2.24, 2.45) is 10.7 Å². The molecule has 2 N–H and O–H groups in total. The van der Waals surface area contributed by atoms with E-state index >= 15 is 0 Å². The average molecular weight is 470 g/mol. The molecule has 0 spiro atoms. The van der Waals surface area contributed by atoms with Crippen LogP contribution in [0.15, 0.2) is 53.8 Å². The van der Waals surface area contributed by atoms with Crippen molar-refractivity contribution in [3.63, 3.8) is 0 Å². The number of hydrogen-bond acceptors (Lipinski definition) is 5. The molecule has 1 aromatic carbocycles. The topological polar surface area (TPSA) is 86.6 Å². The molecular weight excluding hydrogens is 433 g/mol. The quantitative estimate of drug-likeness (QED) is 0.285. The zero-order valence-electron chi connectivity index (χ0n) is 20.2. The van der Waals surface area contributed by atoms with E-state index in [1.165, 1.54) is 0 Å². The smallest absolute Gasteiger partial charge is 0.497 e. The van der Waals surface area contributed by atoms with E-state index < -0.39 is 0 Å². The Morgan fingerprint density at radius 1 is 1.22 bits per heavy atom. The maximum absolute atomic E-state index is 6.14. The maximum atomic E-state index is 6.14. The summed E-state index contributed by atoms with van der Waals surface area (Å²) in [5, 5.41) is 4.50. The van der Waals surface area contributed by atoms with Crippen LogP contribution in [0.5, 0.6) is 5.75 Å². The molecule has 0 aliphatic carbocycles. The summed E-state index contributed by atoms with van der Waals surface area (Å²) in [7, 11) is 3.75. The molecule has 2 aliphatic rings. The molecule has 2 fully saturated rings. The van der Waals surface area contributed by atoms with E-state index in [2.05, 4.69) is 42.7 Å². The molecule has 2 atom stereocenters. The third-order valence-corrected chi connectivity index (χ3v) is 5.15. The largest absolute Gasteiger partial charge is 1.00 e. The third-order valence-electron chi connectivity index (χ3n) is 5.15. The Morgan fingerprint density at radius 2 is 1.91 bits per heavy atom. The summed E-state index contributed by atoms with van der Waals surface area (Å²) < 4.78 is 15.8. The number of allylic oxidation sites excluding steroid dienone is 2. The number of ether oxygens (including phenoxy) is 3. The van der Waals surface area contributed by atoms with E-state index in [-0.39, 0.29) is 57.4 Å². The number of morpholine rings is 2. The third kappa shape index (κ3) is 9.92. The fraction of sp³-hybridized carbons (Fsp3) is 0.522. The first kappa shape index (κ1) is 29.1. The molecule has 2 saturated heterocycles. The van der Waals surface area contributed by atoms with Gasteiger partial charge in [0.25, 0.3) is 0 Å². The molecule has 0 saturated carbocycles. The molecule has 1 aromatic rings. The van der Waals surface area contributed by atoms with E-state index in [0.29, 0.717) is 31.0 Å². The molecule has 0 amide bonds. The van der Waals surface area contributed by atoms with Crippen LogP contribution in [0.1, 0.15) is 13.8 Å². The van der Waals surface area contributed by atoms with Gasteiger partial charge in [0, 0.05) is 19.1 Å². The van der Waals surface area contributed by atoms with Crippen molar-refractivity contribution in [1.82, 2.24) is 9.80 Å². The van der Waals surface area contributed by atoms with Crippen LogP contribution in [0.2, 0.25) is 0 Å². The van der Waals surface area contributed by atoms with Crippen molar-refractivity contribution < 1.29 is 65.6 Å². The molecule has 0 radical (unpaired) electrons. The number of nitrogens with two attached hydrogens (primary N) is 1. The Balaban J connectivity index is 0.000000480. The second-order valence-electron chi connectivity index (χ2n) is 7.57. The number of hydrogen-bond donors (Lipinski definition) is 1. The van der Waals surface area contributed by atoms with Crippen LogP contribution in [0.3, 0.4) is 0 Å². The second kappa shape index (κ2) is 15.8. The second-order valence-corrected chi connectivity index (χ2v) is 7.57. The van der Waals surface area contributed by atoms with Crippen LogP contribution < -0.4 is 61.9 Å². The summed E-state index contributed by atoms with van der Waals surface area (Å²) in [6.45, 7) is 12.8. The van der Waals surface area contributed by atoms with Crippen molar-refractivity contribution >= 4 is 11.6 Å². The maximum Gasteiger partial charge on any atom is 1.00 e. The minimum atomic E-state index is 0. The Hall–Kier alpha value is -0.914. The summed E-state index contributed by atoms with van der Waals surface area (Å²) in [4.78, 5) is 8.76. The molecule has 8 nitrogen and oxygen atoms in total. The van der Waals surface area contributed by atoms with Gasteiger partial charge in [-0.1, -0.05) is 36.7 Å². The molecule has 0 aromatic heterocycles. The van der Waals surface area contributed by atoms with E-state index in [1.807, 2.05) is 29.2 Å². The van der Waals surface area contributed by atoms with Gasteiger partial charge in [-0.2, -0.15) is 0 Å². The van der Waals surface area contributed by atoms with Crippen molar-refractivity contribution in [3.8, 4) is 5.75 Å². The number of likely N-dealkylation sites (N-methyl/N-ethyl adjacent to an activating group) is 1. The predicted octanol–water partition coefficient (Wildman–Crippen LogP) is 0.104. The molecule has 2 aliphatic heterocycles. The van der Waals surface area contributed by atoms with Crippen LogP contribution in [-0.2, 0) is 9.47 Å². The van der Waals surface area contributed by atoms with Gasteiger partial charge in [0.2, 0.25) is 0 Å². The van der Waals surface area contributed by atoms with Gasteiger partial charge < -0.3 is 35.2 Å². The summed E-state index contributed by atoms with van der Waals surface area (Å²) >= 11 is 0. The SMILES string of the molecule is C=C/C=C(\N=C(/N)N1CCOCC1C)[N-]c1cccc(OC)c1.CC1COCCN1C.[K+]. The van der Waals surface area contributed by atoms with Gasteiger partial charge in [0.1, 0.15) is 5.75 Å². The monoisotopic (exact) mass is 469 g/mol. The standard InChI is InChI=1S/C17H23N4O2.C6H13NO.K/c1-4-6-16(19-14-7-5-8-15(11-14)22-3)20-17(18)21-9-10-23-12-13(21)2;1-6-5-8-4-3-7(6)2;/h4-8,11,13H,1,9-10,12H2,2-3H3,(H2,18,20);6H,3-5H2,1-2H3;/q-1;;+1/b16-6-;;. The van der Waals surface area contributed by atoms with Crippen molar-refractivity contribution in [1.29, 1.82) is 0 Å². The molecular formula is C23H36KN5O3. The Morgan fingerprint density at radius 3 is 2.47 bits per heavy atom. The first-order valence-corrected chi connectivity index (χ1v) is 10.6. The van der Waals surface area contributed by atoms with Crippen LogP contribution in [0.4, 0.5) is 5.69 Å². The fourth-order valence-corrected chi connectivity index (χ4v) is 3.08. The number of guanidine groups is 1. The van der Waals surface area contributed by atoms with Crippen molar-refractivity contribution in [3.05, 3.63) is 54.1 Å². The normalized spacial score (nSPS) is 22.2. The predicted molar refractivity (Wildman–Crippen MR) is 126 cm³/mol. The van der Waals surface area contributed by atoms with Crippen molar-refractivity contribution in [2.45, 2.75) is 25.9 Å². The Bertz CT molecular complexity index is 749. The van der Waals surface area contributed by atoms with Crippen LogP contribution >= 0.6 is 0 Å². The van der Waals surface area contributed by atoms with Crippen LogP contribution in [0, 0.1) is 0 Å². The molecule has 2 heterocycles. The van der Waals surface area contributed by atoms with Gasteiger partial charge in [0.15, 0.2) is 0 Å². The zero-order chi connectivity index (χ0) is 22.6. The minimum Gasteiger partial charge on any atom is -0.497 e. The summed E-state index contributed by atoms with van der Waals surface area (Å²) in [5.74, 6) is 1.66. The first-order chi connectivity index (χ1) is 14.9. The van der Waals surface area contributed by atoms with E-state index in [0.717, 1.165) is 37.7 Å². The van der Waals surface area contributed by atoms with E-state index in [9.17, 15) is 0 Å². The fourth-order valence-electron chi connectivity index (χ4n) is 3.08. The Kier molecular flexibility index (Phi) is 14.4. The van der Waals surface area contributed by atoms with E-state index in [1.54, 1.807) is 19.3 Å². The molecule has 2 unspecified atom stereocenters. The Labute approximate surface area is 235 Å². The molecule has 3 rings (SSSR count). The van der Waals surface area contributed by atoms with Crippen molar-refractivity contribution in [2.75, 3.05) is 53.7 Å². The molecule has 32 heavy (non-hydrogen) atoms. The molecule has 0 bridgehead atoms. The van der Waals surface area contributed by atoms with Crippen LogP contribution in [0.25, 0.3) is 5.32 Å². The van der Waals surface area contributed by atoms with Gasteiger partial charge in [0.05, 0.1) is 45.5 Å². The number of methoxy groups -OCH3 is 1. The summed E-state index contributed by atoms with van der Waals surface area (Å²) in [6.07, 6.45) is 3.36. The summed E-state index contributed by atoms with van der Waals surface area (Å²) in [5.41, 5.74) is 6.88. The van der Waals surface area contributed by atoms with Gasteiger partial charge in [-0.3, -0.25) is 4.90 Å². The van der Waals surface area contributed by atoms with Gasteiger partial charge in [-0.05, 0) is 38.7 Å². The zero-order valence-corrected chi connectivity index (χ0v) is 23.3. The molecule has 9 heteroatoms. The van der Waals surface area contributed by atoms with Gasteiger partial charge in [-0.15, -0.1) is 0 Å². The first-order valence-electron chi connectivity index (χ1n) is 10.6. The van der Waals surface area contributed by atoms with E-state index in [4.69, 9.17) is 19.9 Å². The summed E-state index contributed by atoms with van der Waals surface area (Å²) in [6, 6.07) is 8.25. The number of rotatable bonds is 5. The minimum absolute atomic E-state index is 0. The molecule has 172 valence electrons. The van der Waals surface area contributed by atoms with Crippen LogP contribution in [-0.4, -0.2) is 81.5 Å². The number of benzene rings is 1. The number of aliphatic imine (C=N–C) groups is 1.